The average molecular weight is 274 g/mol. The van der Waals surface area contributed by atoms with Gasteiger partial charge in [0.25, 0.3) is 0 Å². The average Bonchev–Trinajstić information content (AvgIpc) is 2.36. The molecule has 0 aliphatic carbocycles. The lowest BCUT2D eigenvalue weighted by molar-refractivity contribution is -0.124. The van der Waals surface area contributed by atoms with Gasteiger partial charge in [0.1, 0.15) is 11.4 Å². The van der Waals surface area contributed by atoms with Gasteiger partial charge in [0.15, 0.2) is 11.6 Å². The Bertz CT molecular complexity index is 502. The number of nitrogens with one attached hydrogen (secondary N) is 1. The standard InChI is InChI=1S/C12H13F3N2O2/c13-7-5-9(15)10(6-8(7)14)17-11(18)12(16)1-3-19-4-2-12/h5-6H,1-4,16H2,(H,17,18). The van der Waals surface area contributed by atoms with Crippen molar-refractivity contribution in [3.8, 4) is 0 Å². The molecule has 1 aromatic carbocycles. The SMILES string of the molecule is NC1(C(=O)Nc2cc(F)c(F)cc2F)CCOCC1. The van der Waals surface area contributed by atoms with Gasteiger partial charge in [-0.2, -0.15) is 0 Å². The molecule has 4 nitrogen and oxygen atoms in total. The van der Waals surface area contributed by atoms with Crippen molar-refractivity contribution in [1.29, 1.82) is 0 Å². The number of carbonyl (C=O) groups is 1. The summed E-state index contributed by atoms with van der Waals surface area (Å²) in [5.41, 5.74) is 4.27. The second-order valence-corrected chi connectivity index (χ2v) is 4.47. The van der Waals surface area contributed by atoms with Crippen LogP contribution in [0.25, 0.3) is 0 Å². The number of hydrogen-bond donors (Lipinski definition) is 2. The van der Waals surface area contributed by atoms with Crippen LogP contribution in [-0.4, -0.2) is 24.7 Å². The minimum atomic E-state index is -1.32. The van der Waals surface area contributed by atoms with E-state index in [1.165, 1.54) is 0 Å². The predicted octanol–water partition coefficient (Wildman–Crippen LogP) is 1.55. The lowest BCUT2D eigenvalue weighted by Gasteiger charge is -2.31. The first-order valence-corrected chi connectivity index (χ1v) is 5.75. The summed E-state index contributed by atoms with van der Waals surface area (Å²) in [6.45, 7) is 0.647. The van der Waals surface area contributed by atoms with Gasteiger partial charge in [-0.15, -0.1) is 0 Å². The fourth-order valence-corrected chi connectivity index (χ4v) is 1.83. The normalized spacial score (nSPS) is 18.1. The van der Waals surface area contributed by atoms with Gasteiger partial charge in [0.05, 0.1) is 5.69 Å². The molecule has 104 valence electrons. The Morgan fingerprint density at radius 2 is 1.74 bits per heavy atom. The van der Waals surface area contributed by atoms with E-state index in [1.807, 2.05) is 0 Å². The highest BCUT2D eigenvalue weighted by Crippen LogP contribution is 2.23. The number of nitrogens with two attached hydrogens (primary N) is 1. The zero-order chi connectivity index (χ0) is 14.0. The minimum absolute atomic E-state index is 0.282. The molecule has 1 saturated heterocycles. The molecule has 0 saturated carbocycles. The van der Waals surface area contributed by atoms with Crippen molar-refractivity contribution in [3.63, 3.8) is 0 Å². The summed E-state index contributed by atoms with van der Waals surface area (Å²) in [6.07, 6.45) is 0.564. The fourth-order valence-electron chi connectivity index (χ4n) is 1.83. The smallest absolute Gasteiger partial charge is 0.244 e. The van der Waals surface area contributed by atoms with Gasteiger partial charge in [-0.05, 0) is 12.8 Å². The maximum Gasteiger partial charge on any atom is 0.244 e. The quantitative estimate of drug-likeness (QED) is 0.804. The molecular formula is C12H13F3N2O2. The Morgan fingerprint density at radius 1 is 1.16 bits per heavy atom. The van der Waals surface area contributed by atoms with Gasteiger partial charge < -0.3 is 15.8 Å². The van der Waals surface area contributed by atoms with Crippen LogP contribution in [-0.2, 0) is 9.53 Å². The third-order valence-electron chi connectivity index (χ3n) is 3.10. The van der Waals surface area contributed by atoms with Crippen molar-refractivity contribution in [2.24, 2.45) is 5.73 Å². The summed E-state index contributed by atoms with van der Waals surface area (Å²) in [7, 11) is 0. The van der Waals surface area contributed by atoms with Crippen LogP contribution in [0.15, 0.2) is 12.1 Å². The summed E-state index contributed by atoms with van der Waals surface area (Å²) in [5.74, 6) is -4.25. The number of carbonyl (C=O) groups excluding carboxylic acids is 1. The van der Waals surface area contributed by atoms with Crippen LogP contribution < -0.4 is 11.1 Å². The van der Waals surface area contributed by atoms with Crippen molar-refractivity contribution < 1.29 is 22.7 Å². The molecule has 0 radical (unpaired) electrons. The van der Waals surface area contributed by atoms with E-state index in [1.54, 1.807) is 0 Å². The van der Waals surface area contributed by atoms with Crippen molar-refractivity contribution in [1.82, 2.24) is 0 Å². The van der Waals surface area contributed by atoms with Crippen LogP contribution >= 0.6 is 0 Å². The zero-order valence-corrected chi connectivity index (χ0v) is 10.0. The van der Waals surface area contributed by atoms with Crippen LogP contribution in [0.5, 0.6) is 0 Å². The third kappa shape index (κ3) is 2.87. The second kappa shape index (κ2) is 5.18. The highest BCUT2D eigenvalue weighted by Gasteiger charge is 2.36. The largest absolute Gasteiger partial charge is 0.381 e. The van der Waals surface area contributed by atoms with E-state index in [0.717, 1.165) is 0 Å². The number of halogens is 3. The predicted molar refractivity (Wildman–Crippen MR) is 61.9 cm³/mol. The molecule has 2 rings (SSSR count). The number of anilines is 1. The summed E-state index contributed by atoms with van der Waals surface area (Å²) in [5, 5.41) is 2.19. The third-order valence-corrected chi connectivity index (χ3v) is 3.10. The van der Waals surface area contributed by atoms with Crippen LogP contribution in [0.1, 0.15) is 12.8 Å². The molecule has 1 aliphatic heterocycles. The van der Waals surface area contributed by atoms with E-state index >= 15 is 0 Å². The van der Waals surface area contributed by atoms with Gasteiger partial charge in [-0.25, -0.2) is 13.2 Å². The Labute approximate surface area is 107 Å². The molecule has 7 heteroatoms. The van der Waals surface area contributed by atoms with Crippen LogP contribution in [0.4, 0.5) is 18.9 Å². The molecule has 1 fully saturated rings. The topological polar surface area (TPSA) is 64.4 Å². The summed E-state index contributed by atoms with van der Waals surface area (Å²) in [6, 6.07) is 0.962. The molecule has 3 N–H and O–H groups in total. The Kier molecular flexibility index (Phi) is 3.77. The van der Waals surface area contributed by atoms with Gasteiger partial charge in [0.2, 0.25) is 5.91 Å². The summed E-state index contributed by atoms with van der Waals surface area (Å²) >= 11 is 0. The second-order valence-electron chi connectivity index (χ2n) is 4.47. The van der Waals surface area contributed by atoms with E-state index in [4.69, 9.17) is 10.5 Å². The monoisotopic (exact) mass is 274 g/mol. The number of benzene rings is 1. The molecule has 0 bridgehead atoms. The lowest BCUT2D eigenvalue weighted by Crippen LogP contribution is -2.54. The van der Waals surface area contributed by atoms with Gasteiger partial charge in [-0.1, -0.05) is 0 Å². The number of hydrogen-bond acceptors (Lipinski definition) is 3. The molecule has 0 aromatic heterocycles. The number of amides is 1. The molecular weight excluding hydrogens is 261 g/mol. The number of rotatable bonds is 2. The van der Waals surface area contributed by atoms with Crippen molar-refractivity contribution in [3.05, 3.63) is 29.6 Å². The molecule has 0 unspecified atom stereocenters. The molecule has 1 aromatic rings. The first kappa shape index (κ1) is 13.8. The summed E-state index contributed by atoms with van der Waals surface area (Å²) < 4.78 is 44.2. The zero-order valence-electron chi connectivity index (χ0n) is 10.0. The van der Waals surface area contributed by atoms with Gasteiger partial charge in [0, 0.05) is 25.3 Å². The van der Waals surface area contributed by atoms with Crippen LogP contribution in [0, 0.1) is 17.5 Å². The van der Waals surface area contributed by atoms with E-state index < -0.39 is 34.6 Å². The maximum atomic E-state index is 13.4. The van der Waals surface area contributed by atoms with Gasteiger partial charge >= 0.3 is 0 Å². The fraction of sp³-hybridized carbons (Fsp3) is 0.417. The minimum Gasteiger partial charge on any atom is -0.381 e. The molecule has 1 aliphatic rings. The van der Waals surface area contributed by atoms with E-state index in [-0.39, 0.29) is 12.8 Å². The Hall–Kier alpha value is -1.60. The van der Waals surface area contributed by atoms with E-state index in [0.29, 0.717) is 25.3 Å². The van der Waals surface area contributed by atoms with E-state index in [9.17, 15) is 18.0 Å². The molecule has 0 atom stereocenters. The molecule has 1 amide bonds. The first-order chi connectivity index (χ1) is 8.92. The van der Waals surface area contributed by atoms with Crippen molar-refractivity contribution in [2.45, 2.75) is 18.4 Å². The van der Waals surface area contributed by atoms with E-state index in [2.05, 4.69) is 5.32 Å². The first-order valence-electron chi connectivity index (χ1n) is 5.75. The molecule has 1 heterocycles. The molecule has 19 heavy (non-hydrogen) atoms. The molecule has 0 spiro atoms. The summed E-state index contributed by atoms with van der Waals surface area (Å²) in [4.78, 5) is 12.0. The maximum absolute atomic E-state index is 13.4. The van der Waals surface area contributed by atoms with Crippen LogP contribution in [0.2, 0.25) is 0 Å². The lowest BCUT2D eigenvalue weighted by atomic mass is 9.90. The van der Waals surface area contributed by atoms with Crippen LogP contribution in [0.3, 0.4) is 0 Å². The van der Waals surface area contributed by atoms with Gasteiger partial charge in [-0.3, -0.25) is 4.79 Å². The van der Waals surface area contributed by atoms with Crippen molar-refractivity contribution in [2.75, 3.05) is 18.5 Å². The highest BCUT2D eigenvalue weighted by atomic mass is 19.2. The Morgan fingerprint density at radius 3 is 2.37 bits per heavy atom. The van der Waals surface area contributed by atoms with Crippen molar-refractivity contribution >= 4 is 11.6 Å². The number of ether oxygens (including phenoxy) is 1. The highest BCUT2D eigenvalue weighted by molar-refractivity contribution is 5.98. The Balaban J connectivity index is 2.16.